The monoisotopic (exact) mass is 411 g/mol. The van der Waals surface area contributed by atoms with Gasteiger partial charge in [-0.25, -0.2) is 0 Å². The summed E-state index contributed by atoms with van der Waals surface area (Å²) in [6.45, 7) is 6.00. The van der Waals surface area contributed by atoms with Gasteiger partial charge in [-0.2, -0.15) is 0 Å². The number of rotatable bonds is 5. The first-order chi connectivity index (χ1) is 14.7. The number of hydrogen-bond acceptors (Lipinski definition) is 4. The third-order valence-corrected chi connectivity index (χ3v) is 8.09. The van der Waals surface area contributed by atoms with Crippen LogP contribution < -0.4 is 4.74 Å². The molecular formula is C25H37N3O2. The van der Waals surface area contributed by atoms with Crippen molar-refractivity contribution in [2.75, 3.05) is 46.4 Å². The zero-order valence-electron chi connectivity index (χ0n) is 18.5. The van der Waals surface area contributed by atoms with Crippen LogP contribution >= 0.6 is 0 Å². The number of hydrogen-bond donors (Lipinski definition) is 0. The van der Waals surface area contributed by atoms with Gasteiger partial charge in [0.05, 0.1) is 13.7 Å². The molecule has 4 aliphatic rings. The van der Waals surface area contributed by atoms with Crippen molar-refractivity contribution in [3.63, 3.8) is 0 Å². The number of ether oxygens (including phenoxy) is 1. The average Bonchev–Trinajstić information content (AvgIpc) is 3.32. The highest BCUT2D eigenvalue weighted by Gasteiger charge is 2.47. The van der Waals surface area contributed by atoms with Crippen molar-refractivity contribution in [2.24, 2.45) is 11.8 Å². The fraction of sp³-hybridized carbons (Fsp3) is 0.720. The molecule has 30 heavy (non-hydrogen) atoms. The SMILES string of the molecule is COc1cccc(C[C@H]2[C@H]3C[C@H](CN(CC(=O)N4CCCC4)C3)[C@@H]3CCCCN32)c1. The van der Waals surface area contributed by atoms with Crippen molar-refractivity contribution >= 4 is 5.91 Å². The van der Waals surface area contributed by atoms with Crippen LogP contribution in [0.2, 0.25) is 0 Å². The molecule has 0 aromatic heterocycles. The Morgan fingerprint density at radius 1 is 1.07 bits per heavy atom. The minimum absolute atomic E-state index is 0.359. The van der Waals surface area contributed by atoms with E-state index < -0.39 is 0 Å². The lowest BCUT2D eigenvalue weighted by molar-refractivity contribution is -0.134. The first kappa shape index (κ1) is 20.3. The van der Waals surface area contributed by atoms with E-state index in [1.54, 1.807) is 7.11 Å². The molecule has 0 unspecified atom stereocenters. The quantitative estimate of drug-likeness (QED) is 0.746. The van der Waals surface area contributed by atoms with Gasteiger partial charge in [-0.1, -0.05) is 18.6 Å². The van der Waals surface area contributed by atoms with Crippen LogP contribution in [-0.4, -0.2) is 79.1 Å². The Kier molecular flexibility index (Phi) is 6.01. The molecule has 0 spiro atoms. The van der Waals surface area contributed by atoms with E-state index in [4.69, 9.17) is 4.74 Å². The number of likely N-dealkylation sites (tertiary alicyclic amines) is 2. The fourth-order valence-electron chi connectivity index (χ4n) is 6.71. The predicted molar refractivity (Wildman–Crippen MR) is 119 cm³/mol. The van der Waals surface area contributed by atoms with Gasteiger partial charge in [-0.05, 0) is 74.6 Å². The smallest absolute Gasteiger partial charge is 0.236 e. The van der Waals surface area contributed by atoms with Crippen molar-refractivity contribution in [3.8, 4) is 5.75 Å². The molecule has 5 rings (SSSR count). The lowest BCUT2D eigenvalue weighted by Gasteiger charge is -2.57. The standard InChI is InChI=1S/C25H37N3O2/c1-30-22-8-6-7-19(13-22)14-24-21-15-20(23-9-2-3-12-28(23)24)16-26(17-21)18-25(29)27-10-4-5-11-27/h6-8,13,20-21,23-24H,2-5,9-12,14-18H2,1H3/t20-,21+,23+,24+/m1/s1. The van der Waals surface area contributed by atoms with Crippen LogP contribution in [0.4, 0.5) is 0 Å². The highest BCUT2D eigenvalue weighted by atomic mass is 16.5. The van der Waals surface area contributed by atoms with Gasteiger partial charge >= 0.3 is 0 Å². The van der Waals surface area contributed by atoms with Crippen LogP contribution in [0.15, 0.2) is 24.3 Å². The zero-order chi connectivity index (χ0) is 20.5. The van der Waals surface area contributed by atoms with Gasteiger partial charge in [-0.3, -0.25) is 14.6 Å². The Hall–Kier alpha value is -1.59. The van der Waals surface area contributed by atoms with E-state index in [1.807, 2.05) is 6.07 Å². The van der Waals surface area contributed by atoms with E-state index in [0.29, 0.717) is 30.5 Å². The van der Waals surface area contributed by atoms with Gasteiger partial charge in [0.2, 0.25) is 5.91 Å². The number of carbonyl (C=O) groups excluding carboxylic acids is 1. The molecule has 4 atom stereocenters. The Bertz CT molecular complexity index is 748. The van der Waals surface area contributed by atoms with E-state index in [0.717, 1.165) is 44.3 Å². The van der Waals surface area contributed by atoms with Crippen molar-refractivity contribution in [1.29, 1.82) is 0 Å². The topological polar surface area (TPSA) is 36.0 Å². The Morgan fingerprint density at radius 2 is 1.87 bits per heavy atom. The minimum Gasteiger partial charge on any atom is -0.497 e. The third kappa shape index (κ3) is 4.11. The number of methoxy groups -OCH3 is 1. The normalized spacial score (nSPS) is 32.1. The molecule has 1 aromatic carbocycles. The number of carbonyl (C=O) groups is 1. The van der Waals surface area contributed by atoms with Crippen LogP contribution in [0.25, 0.3) is 0 Å². The summed E-state index contributed by atoms with van der Waals surface area (Å²) < 4.78 is 5.48. The summed E-state index contributed by atoms with van der Waals surface area (Å²) in [6, 6.07) is 9.91. The summed E-state index contributed by atoms with van der Waals surface area (Å²) in [6.07, 6.45) is 8.82. The van der Waals surface area contributed by atoms with Gasteiger partial charge < -0.3 is 9.64 Å². The molecule has 164 valence electrons. The molecular weight excluding hydrogens is 374 g/mol. The Morgan fingerprint density at radius 3 is 2.70 bits per heavy atom. The van der Waals surface area contributed by atoms with Crippen LogP contribution in [-0.2, 0) is 11.2 Å². The highest BCUT2D eigenvalue weighted by molar-refractivity contribution is 5.78. The molecule has 4 aliphatic heterocycles. The van der Waals surface area contributed by atoms with Crippen LogP contribution in [0.1, 0.15) is 44.1 Å². The van der Waals surface area contributed by atoms with Crippen molar-refractivity contribution in [3.05, 3.63) is 29.8 Å². The molecule has 0 aliphatic carbocycles. The second-order valence-electron chi connectivity index (χ2n) is 9.96. The zero-order valence-corrected chi connectivity index (χ0v) is 18.5. The molecule has 1 amide bonds. The van der Waals surface area contributed by atoms with Gasteiger partial charge in [0.1, 0.15) is 5.75 Å². The van der Waals surface area contributed by atoms with E-state index in [2.05, 4.69) is 32.9 Å². The summed E-state index contributed by atoms with van der Waals surface area (Å²) in [5.41, 5.74) is 1.38. The molecule has 4 fully saturated rings. The second-order valence-corrected chi connectivity index (χ2v) is 9.96. The first-order valence-corrected chi connectivity index (χ1v) is 12.1. The molecule has 5 heteroatoms. The summed E-state index contributed by atoms with van der Waals surface area (Å²) in [5, 5.41) is 0. The number of benzene rings is 1. The van der Waals surface area contributed by atoms with Crippen molar-refractivity contribution in [2.45, 2.75) is 57.0 Å². The molecule has 0 radical (unpaired) electrons. The minimum atomic E-state index is 0.359. The highest BCUT2D eigenvalue weighted by Crippen LogP contribution is 2.42. The largest absolute Gasteiger partial charge is 0.497 e. The van der Waals surface area contributed by atoms with Crippen molar-refractivity contribution < 1.29 is 9.53 Å². The fourth-order valence-corrected chi connectivity index (χ4v) is 6.71. The molecule has 1 aromatic rings. The molecule has 4 heterocycles. The summed E-state index contributed by atoms with van der Waals surface area (Å²) in [7, 11) is 1.75. The summed E-state index contributed by atoms with van der Waals surface area (Å²) in [5.74, 6) is 2.71. The average molecular weight is 412 g/mol. The molecule has 0 N–H and O–H groups in total. The second kappa shape index (κ2) is 8.88. The van der Waals surface area contributed by atoms with Crippen LogP contribution in [0.3, 0.4) is 0 Å². The Balaban J connectivity index is 1.33. The predicted octanol–water partition coefficient (Wildman–Crippen LogP) is 3.03. The molecule has 0 saturated carbocycles. The lowest BCUT2D eigenvalue weighted by atomic mass is 9.71. The first-order valence-electron chi connectivity index (χ1n) is 12.1. The van der Waals surface area contributed by atoms with E-state index >= 15 is 0 Å². The maximum atomic E-state index is 12.8. The lowest BCUT2D eigenvalue weighted by Crippen LogP contribution is -2.64. The van der Waals surface area contributed by atoms with Crippen LogP contribution in [0, 0.1) is 11.8 Å². The van der Waals surface area contributed by atoms with Crippen molar-refractivity contribution in [1.82, 2.24) is 14.7 Å². The molecule has 2 bridgehead atoms. The number of fused-ring (bicyclic) bond motifs is 4. The maximum absolute atomic E-state index is 12.8. The van der Waals surface area contributed by atoms with Crippen LogP contribution in [0.5, 0.6) is 5.75 Å². The summed E-state index contributed by atoms with van der Waals surface area (Å²) in [4.78, 5) is 20.3. The van der Waals surface area contributed by atoms with Gasteiger partial charge in [-0.15, -0.1) is 0 Å². The van der Waals surface area contributed by atoms with E-state index in [1.165, 1.54) is 50.6 Å². The van der Waals surface area contributed by atoms with Gasteiger partial charge in [0, 0.05) is 38.3 Å². The van der Waals surface area contributed by atoms with Gasteiger partial charge in [0.15, 0.2) is 0 Å². The van der Waals surface area contributed by atoms with E-state index in [9.17, 15) is 4.79 Å². The maximum Gasteiger partial charge on any atom is 0.236 e. The molecule has 5 nitrogen and oxygen atoms in total. The summed E-state index contributed by atoms with van der Waals surface area (Å²) >= 11 is 0. The molecule has 4 saturated heterocycles. The number of nitrogens with zero attached hydrogens (tertiary/aromatic N) is 3. The van der Waals surface area contributed by atoms with Gasteiger partial charge in [0.25, 0.3) is 0 Å². The number of amides is 1. The third-order valence-electron chi connectivity index (χ3n) is 8.09. The van der Waals surface area contributed by atoms with E-state index in [-0.39, 0.29) is 0 Å². The number of piperidine rings is 3. The Labute approximate surface area is 181 Å².